The van der Waals surface area contributed by atoms with Gasteiger partial charge in [0.2, 0.25) is 0 Å². The number of hydrogen-bond donors (Lipinski definition) is 0. The molecule has 0 N–H and O–H groups in total. The lowest BCUT2D eigenvalue weighted by molar-refractivity contribution is 0.561. The first kappa shape index (κ1) is 11.7. The number of hydrogen-bond acceptors (Lipinski definition) is 4. The Morgan fingerprint density at radius 2 is 2.36 bits per heavy atom. The molecule has 0 unspecified atom stereocenters. The summed E-state index contributed by atoms with van der Waals surface area (Å²) in [6.07, 6.45) is 4.11. The van der Waals surface area contributed by atoms with Crippen molar-refractivity contribution in [2.45, 2.75) is 31.9 Å². The van der Waals surface area contributed by atoms with Crippen LogP contribution < -0.4 is 0 Å². The molecule has 0 amide bonds. The summed E-state index contributed by atoms with van der Waals surface area (Å²) in [7, 11) is 0. The maximum atomic E-state index is 11.5. The monoisotopic (exact) mass is 230 g/mol. The van der Waals surface area contributed by atoms with Crippen LogP contribution in [0.25, 0.3) is 0 Å². The molecule has 0 spiro atoms. The van der Waals surface area contributed by atoms with Gasteiger partial charge in [-0.2, -0.15) is 0 Å². The molecular formula is C9H14N2OS2. The molecule has 1 aromatic rings. The van der Waals surface area contributed by atoms with Crippen molar-refractivity contribution in [1.82, 2.24) is 4.98 Å². The summed E-state index contributed by atoms with van der Waals surface area (Å²) in [4.78, 5) is 4.10. The summed E-state index contributed by atoms with van der Waals surface area (Å²) in [5, 5.41) is 2.92. The molecule has 1 atom stereocenters. The molecule has 0 saturated carbocycles. The Morgan fingerprint density at radius 1 is 1.64 bits per heavy atom. The topological polar surface area (TPSA) is 48.3 Å². The minimum Gasteiger partial charge on any atom is -0.591 e. The fourth-order valence-electron chi connectivity index (χ4n) is 0.695. The number of rotatable bonds is 3. The van der Waals surface area contributed by atoms with Crippen molar-refractivity contribution in [2.75, 3.05) is 0 Å². The van der Waals surface area contributed by atoms with Crippen molar-refractivity contribution in [3.05, 3.63) is 16.6 Å². The molecule has 0 aliphatic rings. The van der Waals surface area contributed by atoms with E-state index in [9.17, 15) is 4.55 Å². The van der Waals surface area contributed by atoms with Crippen molar-refractivity contribution >= 4 is 28.9 Å². The Bertz CT molecular complexity index is 290. The molecule has 1 aromatic heterocycles. The zero-order valence-corrected chi connectivity index (χ0v) is 10.2. The second kappa shape index (κ2) is 4.91. The third-order valence-electron chi connectivity index (χ3n) is 1.44. The van der Waals surface area contributed by atoms with Gasteiger partial charge in [0, 0.05) is 18.0 Å². The molecule has 78 valence electrons. The van der Waals surface area contributed by atoms with E-state index in [1.807, 2.05) is 26.2 Å². The first-order chi connectivity index (χ1) is 6.50. The highest BCUT2D eigenvalue weighted by atomic mass is 32.2. The van der Waals surface area contributed by atoms with Crippen LogP contribution >= 0.6 is 11.3 Å². The molecule has 1 rings (SSSR count). The summed E-state index contributed by atoms with van der Waals surface area (Å²) in [5.41, 5.74) is 0. The third kappa shape index (κ3) is 3.77. The third-order valence-corrected chi connectivity index (χ3v) is 3.63. The molecule has 0 aromatic carbocycles. The smallest absolute Gasteiger partial charge is 0.144 e. The number of aromatic nitrogens is 1. The van der Waals surface area contributed by atoms with E-state index in [1.165, 1.54) is 0 Å². The standard InChI is InChI=1S/C9H14N2OS2/c1-9(2,3)14(12)11-5-4-8-10-6-7-13-8/h5-7H,4H2,1-3H3/b11-5+/t14-/m1/s1. The van der Waals surface area contributed by atoms with Crippen LogP contribution in [0.15, 0.2) is 16.0 Å². The maximum Gasteiger partial charge on any atom is 0.144 e. The van der Waals surface area contributed by atoms with Gasteiger partial charge in [0.25, 0.3) is 0 Å². The summed E-state index contributed by atoms with van der Waals surface area (Å²) in [6.45, 7) is 5.72. The van der Waals surface area contributed by atoms with E-state index >= 15 is 0 Å². The van der Waals surface area contributed by atoms with Crippen LogP contribution in [0.4, 0.5) is 0 Å². The Hall–Kier alpha value is -0.390. The summed E-state index contributed by atoms with van der Waals surface area (Å²) in [6, 6.07) is 0. The van der Waals surface area contributed by atoms with Gasteiger partial charge in [0.05, 0.1) is 11.2 Å². The van der Waals surface area contributed by atoms with Crippen LogP contribution in [-0.4, -0.2) is 20.5 Å². The first-order valence-electron chi connectivity index (χ1n) is 4.33. The second-order valence-electron chi connectivity index (χ2n) is 3.78. The van der Waals surface area contributed by atoms with Crippen LogP contribution in [0, 0.1) is 0 Å². The fraction of sp³-hybridized carbons (Fsp3) is 0.556. The van der Waals surface area contributed by atoms with Gasteiger partial charge >= 0.3 is 0 Å². The van der Waals surface area contributed by atoms with Gasteiger partial charge in [-0.1, -0.05) is 4.40 Å². The largest absolute Gasteiger partial charge is 0.591 e. The highest BCUT2D eigenvalue weighted by Crippen LogP contribution is 2.16. The van der Waals surface area contributed by atoms with E-state index < -0.39 is 11.4 Å². The van der Waals surface area contributed by atoms with E-state index in [2.05, 4.69) is 9.38 Å². The number of thiazole rings is 1. The Kier molecular flexibility index (Phi) is 4.10. The molecule has 0 aliphatic carbocycles. The van der Waals surface area contributed by atoms with E-state index in [0.29, 0.717) is 6.42 Å². The van der Waals surface area contributed by atoms with Crippen molar-refractivity contribution < 1.29 is 4.55 Å². The average molecular weight is 230 g/mol. The summed E-state index contributed by atoms with van der Waals surface area (Å²) in [5.74, 6) is 0. The lowest BCUT2D eigenvalue weighted by Gasteiger charge is -2.17. The molecule has 0 saturated heterocycles. The van der Waals surface area contributed by atoms with Crippen LogP contribution in [0.5, 0.6) is 0 Å². The molecule has 0 fully saturated rings. The Morgan fingerprint density at radius 3 is 2.86 bits per heavy atom. The van der Waals surface area contributed by atoms with Crippen molar-refractivity contribution in [3.8, 4) is 0 Å². The van der Waals surface area contributed by atoms with Crippen molar-refractivity contribution in [2.24, 2.45) is 4.40 Å². The SMILES string of the molecule is CC(C)(C)[S@@+]([O-])/N=C/Cc1nccs1. The van der Waals surface area contributed by atoms with E-state index in [-0.39, 0.29) is 4.75 Å². The molecule has 3 nitrogen and oxygen atoms in total. The summed E-state index contributed by atoms with van der Waals surface area (Å²) < 4.78 is 15.2. The second-order valence-corrected chi connectivity index (χ2v) is 6.69. The van der Waals surface area contributed by atoms with Crippen LogP contribution in [-0.2, 0) is 17.8 Å². The van der Waals surface area contributed by atoms with Crippen molar-refractivity contribution in [3.63, 3.8) is 0 Å². The molecule has 5 heteroatoms. The predicted octanol–water partition coefficient (Wildman–Crippen LogP) is 2.22. The maximum absolute atomic E-state index is 11.5. The van der Waals surface area contributed by atoms with E-state index in [0.717, 1.165) is 5.01 Å². The van der Waals surface area contributed by atoms with Gasteiger partial charge in [0.15, 0.2) is 0 Å². The summed E-state index contributed by atoms with van der Waals surface area (Å²) >= 11 is 0.428. The van der Waals surface area contributed by atoms with Crippen LogP contribution in [0.3, 0.4) is 0 Å². The molecule has 0 aliphatic heterocycles. The average Bonchev–Trinajstić information content (AvgIpc) is 2.55. The predicted molar refractivity (Wildman–Crippen MR) is 62.2 cm³/mol. The Labute approximate surface area is 91.6 Å². The van der Waals surface area contributed by atoms with Gasteiger partial charge in [0.1, 0.15) is 16.1 Å². The normalized spacial score (nSPS) is 14.9. The van der Waals surface area contributed by atoms with Gasteiger partial charge < -0.3 is 4.55 Å². The van der Waals surface area contributed by atoms with Crippen LogP contribution in [0.1, 0.15) is 25.8 Å². The highest BCUT2D eigenvalue weighted by molar-refractivity contribution is 7.91. The minimum atomic E-state index is -1.15. The molecule has 1 heterocycles. The highest BCUT2D eigenvalue weighted by Gasteiger charge is 2.25. The lowest BCUT2D eigenvalue weighted by Crippen LogP contribution is -2.25. The van der Waals surface area contributed by atoms with Crippen molar-refractivity contribution in [1.29, 1.82) is 0 Å². The zero-order valence-electron chi connectivity index (χ0n) is 8.56. The molecule has 0 radical (unpaired) electrons. The molecule has 14 heavy (non-hydrogen) atoms. The molecular weight excluding hydrogens is 216 g/mol. The first-order valence-corrected chi connectivity index (χ1v) is 6.31. The van der Waals surface area contributed by atoms with Gasteiger partial charge in [-0.15, -0.1) is 11.3 Å². The minimum absolute atomic E-state index is 0.278. The quantitative estimate of drug-likeness (QED) is 0.590. The van der Waals surface area contributed by atoms with E-state index in [1.54, 1.807) is 23.7 Å². The Balaban J connectivity index is 2.42. The van der Waals surface area contributed by atoms with Gasteiger partial charge in [-0.3, -0.25) is 0 Å². The molecule has 0 bridgehead atoms. The lowest BCUT2D eigenvalue weighted by atomic mass is 10.3. The zero-order chi connectivity index (χ0) is 10.6. The van der Waals surface area contributed by atoms with E-state index in [4.69, 9.17) is 0 Å². The fourth-order valence-corrected chi connectivity index (χ4v) is 1.79. The van der Waals surface area contributed by atoms with Gasteiger partial charge in [-0.25, -0.2) is 4.98 Å². The number of nitrogens with zero attached hydrogens (tertiary/aromatic N) is 2. The van der Waals surface area contributed by atoms with Crippen LogP contribution in [0.2, 0.25) is 0 Å². The van der Waals surface area contributed by atoms with Gasteiger partial charge in [-0.05, 0) is 20.8 Å².